The summed E-state index contributed by atoms with van der Waals surface area (Å²) < 4.78 is 28.7. The van der Waals surface area contributed by atoms with E-state index in [0.717, 1.165) is 50.6 Å². The second-order valence-electron chi connectivity index (χ2n) is 10.6. The molecule has 2 fully saturated rings. The molecule has 2 atom stereocenters. The molecule has 2 heterocycles. The molecule has 2 aliphatic rings. The molecule has 5 nitrogen and oxygen atoms in total. The Labute approximate surface area is 222 Å². The van der Waals surface area contributed by atoms with Gasteiger partial charge in [-0.05, 0) is 66.6 Å². The summed E-state index contributed by atoms with van der Waals surface area (Å²) in [5.74, 6) is 2.02. The van der Waals surface area contributed by atoms with Crippen LogP contribution in [0.25, 0.3) is 0 Å². The molecule has 198 valence electrons. The van der Waals surface area contributed by atoms with E-state index < -0.39 is 9.76 Å². The molecule has 0 saturated carbocycles. The molecule has 0 amide bonds. The summed E-state index contributed by atoms with van der Waals surface area (Å²) in [6, 6.07) is 16.1. The summed E-state index contributed by atoms with van der Waals surface area (Å²) in [7, 11) is 0.832. The minimum absolute atomic E-state index is 0.124. The summed E-state index contributed by atoms with van der Waals surface area (Å²) in [5.41, 5.74) is 5.15. The Bertz CT molecular complexity index is 972. The van der Waals surface area contributed by atoms with Crippen molar-refractivity contribution in [2.45, 2.75) is 76.2 Å². The lowest BCUT2D eigenvalue weighted by molar-refractivity contribution is 0.260. The smallest absolute Gasteiger partial charge is 0.161 e. The van der Waals surface area contributed by atoms with Crippen LogP contribution in [0.3, 0.4) is 0 Å². The van der Waals surface area contributed by atoms with Crippen LogP contribution in [-0.4, -0.2) is 65.2 Å². The maximum Gasteiger partial charge on any atom is 0.161 e. The molecule has 0 aliphatic carbocycles. The van der Waals surface area contributed by atoms with E-state index in [-0.39, 0.29) is 17.6 Å². The molecular weight excluding hydrogens is 484 g/mol. The van der Waals surface area contributed by atoms with Crippen LogP contribution in [0.5, 0.6) is 11.5 Å². The number of benzene rings is 2. The van der Waals surface area contributed by atoms with Crippen LogP contribution < -0.4 is 9.47 Å². The third kappa shape index (κ3) is 7.92. The number of rotatable bonds is 17. The van der Waals surface area contributed by atoms with Gasteiger partial charge in [-0.2, -0.15) is 0 Å². The highest BCUT2D eigenvalue weighted by Crippen LogP contribution is 2.37. The molecule has 0 spiro atoms. The molecular formula is C29H44O5Si2. The van der Waals surface area contributed by atoms with E-state index in [1.165, 1.54) is 51.0 Å². The minimum atomic E-state index is -0.410. The van der Waals surface area contributed by atoms with Gasteiger partial charge >= 0.3 is 0 Å². The van der Waals surface area contributed by atoms with Gasteiger partial charge in [-0.1, -0.05) is 50.6 Å². The van der Waals surface area contributed by atoms with Gasteiger partial charge in [0.25, 0.3) is 0 Å². The van der Waals surface area contributed by atoms with E-state index in [4.69, 9.17) is 23.4 Å². The lowest BCUT2D eigenvalue weighted by atomic mass is 9.76. The van der Waals surface area contributed by atoms with Gasteiger partial charge in [-0.15, -0.1) is 0 Å². The fourth-order valence-electron chi connectivity index (χ4n) is 4.50. The number of hydrogen-bond acceptors (Lipinski definition) is 5. The van der Waals surface area contributed by atoms with Crippen LogP contribution in [0, 0.1) is 0 Å². The fourth-order valence-corrected chi connectivity index (χ4v) is 5.80. The molecule has 2 unspecified atom stereocenters. The van der Waals surface area contributed by atoms with Gasteiger partial charge in [0, 0.05) is 22.3 Å². The standard InChI is InChI=1S/C29H44O5Si2/c1-4-34-36-14-6-8-22-16-24(10-12-28(22)33-20-26-18-31-26)29(2,3)23-9-11-27(32-19-25-17-30-25)21(15-23)7-5-13-35/h9-12,15-16,25-26H,4-8,13-14,17-20,36H2,1-3,35H3. The second kappa shape index (κ2) is 13.2. The maximum atomic E-state index is 6.17. The summed E-state index contributed by atoms with van der Waals surface area (Å²) in [4.78, 5) is 0. The zero-order chi connectivity index (χ0) is 25.4. The molecule has 2 aromatic carbocycles. The van der Waals surface area contributed by atoms with Crippen molar-refractivity contribution in [3.05, 3.63) is 58.7 Å². The highest BCUT2D eigenvalue weighted by molar-refractivity contribution is 6.26. The van der Waals surface area contributed by atoms with Gasteiger partial charge in [-0.25, -0.2) is 0 Å². The Balaban J connectivity index is 1.53. The molecule has 0 bridgehead atoms. The zero-order valence-corrected chi connectivity index (χ0v) is 26.1. The molecule has 2 aromatic rings. The van der Waals surface area contributed by atoms with Crippen LogP contribution in [0.4, 0.5) is 0 Å². The van der Waals surface area contributed by atoms with Crippen LogP contribution in [-0.2, 0) is 32.2 Å². The monoisotopic (exact) mass is 528 g/mol. The van der Waals surface area contributed by atoms with Gasteiger partial charge in [0.1, 0.15) is 36.9 Å². The zero-order valence-electron chi connectivity index (χ0n) is 22.6. The number of epoxide rings is 2. The Morgan fingerprint density at radius 3 is 1.89 bits per heavy atom. The average Bonchev–Trinajstić information content (AvgIpc) is 3.81. The first-order valence-corrected chi connectivity index (χ1v) is 16.8. The second-order valence-corrected chi connectivity index (χ2v) is 13.1. The average molecular weight is 529 g/mol. The van der Waals surface area contributed by atoms with Gasteiger partial charge < -0.3 is 23.4 Å². The predicted octanol–water partition coefficient (Wildman–Crippen LogP) is 3.76. The molecule has 2 aliphatic heterocycles. The van der Waals surface area contributed by atoms with Crippen molar-refractivity contribution in [1.29, 1.82) is 0 Å². The maximum absolute atomic E-state index is 6.17. The number of ether oxygens (including phenoxy) is 4. The van der Waals surface area contributed by atoms with Crippen molar-refractivity contribution >= 4 is 20.0 Å². The number of hydrogen-bond donors (Lipinski definition) is 0. The van der Waals surface area contributed by atoms with Crippen molar-refractivity contribution in [2.75, 3.05) is 33.0 Å². The first kappa shape index (κ1) is 27.4. The van der Waals surface area contributed by atoms with Crippen LogP contribution in [0.1, 0.15) is 55.9 Å². The molecule has 36 heavy (non-hydrogen) atoms. The van der Waals surface area contributed by atoms with E-state index >= 15 is 0 Å². The third-order valence-corrected chi connectivity index (χ3v) is 9.40. The van der Waals surface area contributed by atoms with Crippen molar-refractivity contribution in [2.24, 2.45) is 0 Å². The Morgan fingerprint density at radius 1 is 0.889 bits per heavy atom. The molecule has 0 radical (unpaired) electrons. The summed E-state index contributed by atoms with van der Waals surface area (Å²) >= 11 is 0. The first-order chi connectivity index (χ1) is 17.5. The van der Waals surface area contributed by atoms with E-state index in [1.807, 2.05) is 0 Å². The Kier molecular flexibility index (Phi) is 10.1. The Morgan fingerprint density at radius 2 is 1.42 bits per heavy atom. The molecule has 0 N–H and O–H groups in total. The minimum Gasteiger partial charge on any atom is -0.491 e. The first-order valence-electron chi connectivity index (χ1n) is 13.8. The molecule has 7 heteroatoms. The molecule has 2 saturated heterocycles. The predicted molar refractivity (Wildman–Crippen MR) is 152 cm³/mol. The third-order valence-electron chi connectivity index (χ3n) is 7.21. The van der Waals surface area contributed by atoms with Gasteiger partial charge in [-0.3, -0.25) is 0 Å². The van der Waals surface area contributed by atoms with E-state index in [2.05, 4.69) is 57.2 Å². The van der Waals surface area contributed by atoms with E-state index in [0.29, 0.717) is 13.2 Å². The van der Waals surface area contributed by atoms with Gasteiger partial charge in [0.05, 0.1) is 13.2 Å². The van der Waals surface area contributed by atoms with Gasteiger partial charge in [0.15, 0.2) is 9.76 Å². The van der Waals surface area contributed by atoms with Crippen LogP contribution in [0.15, 0.2) is 36.4 Å². The lowest BCUT2D eigenvalue weighted by Gasteiger charge is -2.28. The quantitative estimate of drug-likeness (QED) is 0.178. The highest BCUT2D eigenvalue weighted by atomic mass is 28.2. The van der Waals surface area contributed by atoms with Crippen molar-refractivity contribution in [3.8, 4) is 11.5 Å². The van der Waals surface area contributed by atoms with Gasteiger partial charge in [0.2, 0.25) is 0 Å². The highest BCUT2D eigenvalue weighted by Gasteiger charge is 2.28. The Hall–Kier alpha value is -1.65. The number of aryl methyl sites for hydroxylation is 2. The molecule has 0 aromatic heterocycles. The SMILES string of the molecule is CCO[SiH2]CCCc1cc(C(C)(C)c2ccc(OCC3CO3)c(CCC[SiH3])c2)ccc1OCC1CO1. The summed E-state index contributed by atoms with van der Waals surface area (Å²) in [5, 5.41) is 0. The topological polar surface area (TPSA) is 52.8 Å². The summed E-state index contributed by atoms with van der Waals surface area (Å²) in [6.45, 7) is 10.5. The van der Waals surface area contributed by atoms with Crippen molar-refractivity contribution < 1.29 is 23.4 Å². The lowest BCUT2D eigenvalue weighted by Crippen LogP contribution is -2.20. The fraction of sp³-hybridized carbons (Fsp3) is 0.586. The van der Waals surface area contributed by atoms with E-state index in [1.54, 1.807) is 0 Å². The van der Waals surface area contributed by atoms with Crippen LogP contribution in [0.2, 0.25) is 12.1 Å². The normalized spacial score (nSPS) is 19.2. The summed E-state index contributed by atoms with van der Waals surface area (Å²) in [6.07, 6.45) is 4.99. The van der Waals surface area contributed by atoms with Crippen molar-refractivity contribution in [3.63, 3.8) is 0 Å². The largest absolute Gasteiger partial charge is 0.491 e. The van der Waals surface area contributed by atoms with Crippen molar-refractivity contribution in [1.82, 2.24) is 0 Å². The van der Waals surface area contributed by atoms with E-state index in [9.17, 15) is 0 Å². The van der Waals surface area contributed by atoms with Crippen LogP contribution >= 0.6 is 0 Å². The molecule has 4 rings (SSSR count).